The molecule has 0 spiro atoms. The van der Waals surface area contributed by atoms with Crippen LogP contribution in [-0.4, -0.2) is 15.6 Å². The summed E-state index contributed by atoms with van der Waals surface area (Å²) in [4.78, 5) is 7.93. The molecule has 0 saturated heterocycles. The summed E-state index contributed by atoms with van der Waals surface area (Å²) in [5.74, 6) is 0.821. The summed E-state index contributed by atoms with van der Waals surface area (Å²) >= 11 is 0. The van der Waals surface area contributed by atoms with Gasteiger partial charge in [-0.2, -0.15) is 4.98 Å². The largest absolute Gasteiger partial charge is 0.471 e. The molecule has 1 rings (SSSR count). The second-order valence-corrected chi connectivity index (χ2v) is 3.93. The Morgan fingerprint density at radius 3 is 2.71 bits per heavy atom. The second kappa shape index (κ2) is 3.82. The predicted octanol–water partition coefficient (Wildman–Crippen LogP) is 1.93. The number of nitrogens with two attached hydrogens (primary N) is 1. The quantitative estimate of drug-likeness (QED) is 0.800. The first-order valence-corrected chi connectivity index (χ1v) is 4.73. The molecule has 0 aliphatic heterocycles. The van der Waals surface area contributed by atoms with Crippen LogP contribution in [0.3, 0.4) is 0 Å². The number of ether oxygens (including phenoxy) is 1. The smallest absolute Gasteiger partial charge is 0.223 e. The van der Waals surface area contributed by atoms with E-state index in [2.05, 4.69) is 16.9 Å². The van der Waals surface area contributed by atoms with Gasteiger partial charge in [0.15, 0.2) is 0 Å². The molecular weight excluding hydrogens is 178 g/mol. The number of hydrogen-bond acceptors (Lipinski definition) is 4. The van der Waals surface area contributed by atoms with Crippen LogP contribution in [0.15, 0.2) is 6.20 Å². The molecule has 1 aromatic heterocycles. The van der Waals surface area contributed by atoms with Crippen LogP contribution in [0.4, 0.5) is 5.95 Å². The summed E-state index contributed by atoms with van der Waals surface area (Å²) in [6.45, 7) is 8.01. The maximum atomic E-state index is 5.73. The van der Waals surface area contributed by atoms with Gasteiger partial charge >= 0.3 is 0 Å². The van der Waals surface area contributed by atoms with E-state index in [1.165, 1.54) is 0 Å². The van der Waals surface area contributed by atoms with E-state index >= 15 is 0 Å². The molecule has 0 saturated carbocycles. The van der Waals surface area contributed by atoms with Gasteiger partial charge < -0.3 is 10.5 Å². The van der Waals surface area contributed by atoms with Gasteiger partial charge in [-0.25, -0.2) is 4.98 Å². The van der Waals surface area contributed by atoms with Gasteiger partial charge in [-0.15, -0.1) is 0 Å². The average molecular weight is 195 g/mol. The van der Waals surface area contributed by atoms with Crippen molar-refractivity contribution in [1.29, 1.82) is 0 Å². The topological polar surface area (TPSA) is 61.0 Å². The molecule has 2 N–H and O–H groups in total. The van der Waals surface area contributed by atoms with Crippen molar-refractivity contribution >= 4 is 5.95 Å². The standard InChI is InChI=1S/C10H17N3O/c1-5-10(3,4)14-8-7(2)6-12-9(11)13-8/h6H,5H2,1-4H3,(H2,11,12,13). The van der Waals surface area contributed by atoms with Gasteiger partial charge in [0.1, 0.15) is 5.60 Å². The number of hydrogen-bond donors (Lipinski definition) is 1. The molecule has 0 bridgehead atoms. The van der Waals surface area contributed by atoms with Crippen molar-refractivity contribution in [3.05, 3.63) is 11.8 Å². The number of aromatic nitrogens is 2. The van der Waals surface area contributed by atoms with Crippen LogP contribution in [0.5, 0.6) is 5.88 Å². The third kappa shape index (κ3) is 2.58. The molecule has 0 aliphatic rings. The van der Waals surface area contributed by atoms with Crippen LogP contribution in [0.2, 0.25) is 0 Å². The normalized spacial score (nSPS) is 11.4. The van der Waals surface area contributed by atoms with Gasteiger partial charge in [0.05, 0.1) is 0 Å². The van der Waals surface area contributed by atoms with Crippen molar-refractivity contribution in [2.75, 3.05) is 5.73 Å². The molecular formula is C10H17N3O. The molecule has 0 atom stereocenters. The lowest BCUT2D eigenvalue weighted by atomic mass is 10.1. The summed E-state index contributed by atoms with van der Waals surface area (Å²) in [5, 5.41) is 0. The fourth-order valence-electron chi connectivity index (χ4n) is 0.876. The van der Waals surface area contributed by atoms with Gasteiger partial charge in [-0.3, -0.25) is 0 Å². The molecule has 78 valence electrons. The molecule has 1 aromatic rings. The lowest BCUT2D eigenvalue weighted by Crippen LogP contribution is -2.27. The number of rotatable bonds is 3. The average Bonchev–Trinajstić information content (AvgIpc) is 2.11. The molecule has 0 unspecified atom stereocenters. The molecule has 0 fully saturated rings. The first kappa shape index (κ1) is 10.8. The minimum absolute atomic E-state index is 0.217. The third-order valence-electron chi connectivity index (χ3n) is 2.17. The second-order valence-electron chi connectivity index (χ2n) is 3.93. The Hall–Kier alpha value is -1.32. The van der Waals surface area contributed by atoms with Crippen molar-refractivity contribution in [2.45, 2.75) is 39.7 Å². The summed E-state index contributed by atoms with van der Waals surface area (Å²) < 4.78 is 5.73. The molecule has 4 nitrogen and oxygen atoms in total. The van der Waals surface area contributed by atoms with Crippen LogP contribution < -0.4 is 10.5 Å². The highest BCUT2D eigenvalue weighted by Crippen LogP contribution is 2.22. The van der Waals surface area contributed by atoms with Crippen molar-refractivity contribution < 1.29 is 4.74 Å². The number of nitrogens with zero attached hydrogens (tertiary/aromatic N) is 2. The summed E-state index contributed by atoms with van der Waals surface area (Å²) in [6, 6.07) is 0. The Morgan fingerprint density at radius 1 is 1.50 bits per heavy atom. The molecule has 14 heavy (non-hydrogen) atoms. The zero-order valence-electron chi connectivity index (χ0n) is 9.16. The fraction of sp³-hybridized carbons (Fsp3) is 0.600. The van der Waals surface area contributed by atoms with E-state index in [9.17, 15) is 0 Å². The Labute approximate surface area is 84.5 Å². The first-order chi connectivity index (χ1) is 6.44. The Morgan fingerprint density at radius 2 is 2.14 bits per heavy atom. The summed E-state index contributed by atoms with van der Waals surface area (Å²) in [6.07, 6.45) is 2.58. The molecule has 0 radical (unpaired) electrons. The van der Waals surface area contributed by atoms with E-state index in [1.807, 2.05) is 20.8 Å². The van der Waals surface area contributed by atoms with Crippen LogP contribution in [0.1, 0.15) is 32.8 Å². The van der Waals surface area contributed by atoms with Gasteiger partial charge in [-0.1, -0.05) is 6.92 Å². The monoisotopic (exact) mass is 195 g/mol. The number of nitrogen functional groups attached to an aromatic ring is 1. The van der Waals surface area contributed by atoms with Crippen molar-refractivity contribution in [3.8, 4) is 5.88 Å². The fourth-order valence-corrected chi connectivity index (χ4v) is 0.876. The van der Waals surface area contributed by atoms with E-state index in [4.69, 9.17) is 10.5 Å². The minimum atomic E-state index is -0.217. The summed E-state index contributed by atoms with van der Waals surface area (Å²) in [7, 11) is 0. The molecule has 0 aromatic carbocycles. The van der Waals surface area contributed by atoms with E-state index in [0.29, 0.717) is 5.88 Å². The van der Waals surface area contributed by atoms with E-state index in [-0.39, 0.29) is 11.5 Å². The number of anilines is 1. The molecule has 1 heterocycles. The lowest BCUT2D eigenvalue weighted by Gasteiger charge is -2.24. The van der Waals surface area contributed by atoms with Gasteiger partial charge in [0, 0.05) is 11.8 Å². The van der Waals surface area contributed by atoms with Crippen LogP contribution >= 0.6 is 0 Å². The van der Waals surface area contributed by atoms with E-state index in [0.717, 1.165) is 12.0 Å². The highest BCUT2D eigenvalue weighted by atomic mass is 16.5. The van der Waals surface area contributed by atoms with Crippen LogP contribution in [0, 0.1) is 6.92 Å². The molecule has 4 heteroatoms. The Bertz CT molecular complexity index is 323. The molecule has 0 aliphatic carbocycles. The highest BCUT2D eigenvalue weighted by Gasteiger charge is 2.18. The SMILES string of the molecule is CCC(C)(C)Oc1nc(N)ncc1C. The van der Waals surface area contributed by atoms with Gasteiger partial charge in [0.25, 0.3) is 0 Å². The minimum Gasteiger partial charge on any atom is -0.471 e. The zero-order chi connectivity index (χ0) is 10.8. The lowest BCUT2D eigenvalue weighted by molar-refractivity contribution is 0.0980. The highest BCUT2D eigenvalue weighted by molar-refractivity contribution is 5.29. The Kier molecular flexibility index (Phi) is 2.93. The van der Waals surface area contributed by atoms with Crippen LogP contribution in [0.25, 0.3) is 0 Å². The van der Waals surface area contributed by atoms with Crippen LogP contribution in [-0.2, 0) is 0 Å². The predicted molar refractivity (Wildman–Crippen MR) is 56.2 cm³/mol. The summed E-state index contributed by atoms with van der Waals surface area (Å²) in [5.41, 5.74) is 6.17. The van der Waals surface area contributed by atoms with Gasteiger partial charge in [-0.05, 0) is 27.2 Å². The van der Waals surface area contributed by atoms with Crippen molar-refractivity contribution in [1.82, 2.24) is 9.97 Å². The van der Waals surface area contributed by atoms with E-state index < -0.39 is 0 Å². The van der Waals surface area contributed by atoms with E-state index in [1.54, 1.807) is 6.20 Å². The maximum absolute atomic E-state index is 5.73. The number of aryl methyl sites for hydroxylation is 1. The third-order valence-corrected chi connectivity index (χ3v) is 2.17. The first-order valence-electron chi connectivity index (χ1n) is 4.73. The van der Waals surface area contributed by atoms with Crippen molar-refractivity contribution in [3.63, 3.8) is 0 Å². The van der Waals surface area contributed by atoms with Crippen molar-refractivity contribution in [2.24, 2.45) is 0 Å². The maximum Gasteiger partial charge on any atom is 0.223 e. The van der Waals surface area contributed by atoms with Gasteiger partial charge in [0.2, 0.25) is 11.8 Å². The zero-order valence-corrected chi connectivity index (χ0v) is 9.16. The molecule has 0 amide bonds. The Balaban J connectivity index is 2.91.